The van der Waals surface area contributed by atoms with Crippen LogP contribution in [0.3, 0.4) is 0 Å². The molecular weight excluding hydrogens is 228 g/mol. The van der Waals surface area contributed by atoms with E-state index >= 15 is 0 Å². The number of fused-ring (bicyclic) bond motifs is 1. The molecule has 4 nitrogen and oxygen atoms in total. The highest BCUT2D eigenvalue weighted by Gasteiger charge is 2.05. The Morgan fingerprint density at radius 1 is 1.62 bits per heavy atom. The molecule has 2 N–H and O–H groups in total. The largest absolute Gasteiger partial charge is 0.481 e. The second-order valence-electron chi connectivity index (χ2n) is 3.09. The van der Waals surface area contributed by atoms with Crippen molar-refractivity contribution < 1.29 is 9.90 Å². The Labute approximate surface area is 96.3 Å². The minimum atomic E-state index is -0.948. The van der Waals surface area contributed by atoms with Crippen LogP contribution in [0.5, 0.6) is 0 Å². The summed E-state index contributed by atoms with van der Waals surface area (Å²) in [5.41, 5.74) is 1.31. The Morgan fingerprint density at radius 2 is 2.44 bits per heavy atom. The van der Waals surface area contributed by atoms with Gasteiger partial charge in [0.25, 0.3) is 0 Å². The lowest BCUT2D eigenvalue weighted by molar-refractivity contribution is -0.135. The van der Waals surface area contributed by atoms with Crippen LogP contribution >= 0.6 is 11.6 Å². The monoisotopic (exact) mass is 234 g/mol. The van der Waals surface area contributed by atoms with Gasteiger partial charge in [0, 0.05) is 12.4 Å². The number of hydrogen-bond donors (Lipinski definition) is 2. The van der Waals surface area contributed by atoms with Crippen molar-refractivity contribution in [2.24, 2.45) is 0 Å². The summed E-state index contributed by atoms with van der Waals surface area (Å²) >= 11 is 6.00. The summed E-state index contributed by atoms with van der Waals surface area (Å²) in [6.07, 6.45) is 3.07. The predicted molar refractivity (Wildman–Crippen MR) is 60.2 cm³/mol. The Hall–Kier alpha value is -1.99. The fraction of sp³-hybridized carbons (Fsp3) is 0.0909. The second-order valence-corrected chi connectivity index (χ2v) is 3.50. The SMILES string of the molecule is O=C(O)CC#Cc1c[nH]c2nccc(Cl)c12. The number of nitrogens with one attached hydrogen (secondary N) is 1. The second kappa shape index (κ2) is 4.25. The van der Waals surface area contributed by atoms with Crippen molar-refractivity contribution in [3.63, 3.8) is 0 Å². The van der Waals surface area contributed by atoms with E-state index in [1.807, 2.05) is 0 Å². The molecule has 2 aromatic heterocycles. The van der Waals surface area contributed by atoms with Gasteiger partial charge < -0.3 is 10.1 Å². The van der Waals surface area contributed by atoms with E-state index in [0.29, 0.717) is 16.2 Å². The topological polar surface area (TPSA) is 66.0 Å². The summed E-state index contributed by atoms with van der Waals surface area (Å²) in [7, 11) is 0. The van der Waals surface area contributed by atoms with E-state index in [1.165, 1.54) is 0 Å². The number of H-pyrrole nitrogens is 1. The number of nitrogens with zero attached hydrogens (tertiary/aromatic N) is 1. The molecule has 0 aliphatic rings. The van der Waals surface area contributed by atoms with E-state index in [9.17, 15) is 4.79 Å². The third-order valence-electron chi connectivity index (χ3n) is 1.99. The van der Waals surface area contributed by atoms with Gasteiger partial charge in [-0.3, -0.25) is 4.79 Å². The van der Waals surface area contributed by atoms with Gasteiger partial charge in [0.1, 0.15) is 12.1 Å². The van der Waals surface area contributed by atoms with Crippen LogP contribution < -0.4 is 0 Å². The highest BCUT2D eigenvalue weighted by molar-refractivity contribution is 6.35. The molecular formula is C11H7ClN2O2. The molecule has 0 spiro atoms. The van der Waals surface area contributed by atoms with Crippen molar-refractivity contribution in [3.8, 4) is 11.8 Å². The Kier molecular flexibility index (Phi) is 2.80. The molecule has 0 aliphatic carbocycles. The number of aromatic nitrogens is 2. The first-order valence-electron chi connectivity index (χ1n) is 4.50. The van der Waals surface area contributed by atoms with E-state index in [1.54, 1.807) is 18.5 Å². The normalized spacial score (nSPS) is 9.81. The molecule has 0 bridgehead atoms. The fourth-order valence-corrected chi connectivity index (χ4v) is 1.58. The average molecular weight is 235 g/mol. The summed E-state index contributed by atoms with van der Waals surface area (Å²) in [6.45, 7) is 0. The van der Waals surface area contributed by atoms with Crippen LogP contribution in [-0.4, -0.2) is 21.0 Å². The van der Waals surface area contributed by atoms with Gasteiger partial charge in [0.2, 0.25) is 0 Å². The number of aliphatic carboxylic acids is 1. The lowest BCUT2D eigenvalue weighted by Crippen LogP contribution is -1.90. The Morgan fingerprint density at radius 3 is 3.19 bits per heavy atom. The quantitative estimate of drug-likeness (QED) is 0.742. The molecule has 2 heterocycles. The van der Waals surface area contributed by atoms with Crippen molar-refractivity contribution >= 4 is 28.6 Å². The van der Waals surface area contributed by atoms with Gasteiger partial charge in [-0.25, -0.2) is 4.98 Å². The van der Waals surface area contributed by atoms with E-state index in [4.69, 9.17) is 16.7 Å². The highest BCUT2D eigenvalue weighted by Crippen LogP contribution is 2.23. The lowest BCUT2D eigenvalue weighted by Gasteiger charge is -1.92. The van der Waals surface area contributed by atoms with Crippen LogP contribution in [0, 0.1) is 11.8 Å². The molecule has 80 valence electrons. The van der Waals surface area contributed by atoms with Gasteiger partial charge in [-0.15, -0.1) is 0 Å². The smallest absolute Gasteiger partial charge is 0.315 e. The fourth-order valence-electron chi connectivity index (χ4n) is 1.33. The molecule has 0 amide bonds. The first-order chi connectivity index (χ1) is 7.68. The predicted octanol–water partition coefficient (Wildman–Crippen LogP) is 2.04. The Bertz CT molecular complexity index is 607. The number of aromatic amines is 1. The van der Waals surface area contributed by atoms with Crippen molar-refractivity contribution in [1.82, 2.24) is 9.97 Å². The number of carboxylic acids is 1. The zero-order valence-corrected chi connectivity index (χ0v) is 8.88. The third-order valence-corrected chi connectivity index (χ3v) is 2.30. The summed E-state index contributed by atoms with van der Waals surface area (Å²) in [5, 5.41) is 9.73. The molecule has 0 unspecified atom stereocenters. The molecule has 2 aromatic rings. The van der Waals surface area contributed by atoms with Gasteiger partial charge in [0.05, 0.1) is 16.0 Å². The highest BCUT2D eigenvalue weighted by atomic mass is 35.5. The molecule has 0 radical (unpaired) electrons. The van der Waals surface area contributed by atoms with E-state index < -0.39 is 5.97 Å². The van der Waals surface area contributed by atoms with Gasteiger partial charge in [0.15, 0.2) is 0 Å². The van der Waals surface area contributed by atoms with Gasteiger partial charge in [-0.2, -0.15) is 0 Å². The number of rotatable bonds is 1. The molecule has 0 aliphatic heterocycles. The van der Waals surface area contributed by atoms with Crippen LogP contribution in [0.4, 0.5) is 0 Å². The van der Waals surface area contributed by atoms with Crippen LogP contribution in [0.25, 0.3) is 11.0 Å². The number of halogens is 1. The maximum absolute atomic E-state index is 10.3. The summed E-state index contributed by atoms with van der Waals surface area (Å²) in [6, 6.07) is 1.67. The van der Waals surface area contributed by atoms with Crippen molar-refractivity contribution in [2.45, 2.75) is 6.42 Å². The van der Waals surface area contributed by atoms with Crippen molar-refractivity contribution in [2.75, 3.05) is 0 Å². The third kappa shape index (κ3) is 2.00. The summed E-state index contributed by atoms with van der Waals surface area (Å²) in [5.74, 6) is 4.36. The molecule has 0 aromatic carbocycles. The molecule has 5 heteroatoms. The lowest BCUT2D eigenvalue weighted by atomic mass is 10.2. The Balaban J connectivity index is 2.44. The maximum Gasteiger partial charge on any atom is 0.315 e. The van der Waals surface area contributed by atoms with Crippen LogP contribution in [0.2, 0.25) is 5.02 Å². The van der Waals surface area contributed by atoms with Gasteiger partial charge in [-0.1, -0.05) is 23.4 Å². The zero-order chi connectivity index (χ0) is 11.5. The molecule has 0 fully saturated rings. The molecule has 2 rings (SSSR count). The van der Waals surface area contributed by atoms with Gasteiger partial charge in [-0.05, 0) is 6.07 Å². The molecule has 0 atom stereocenters. The van der Waals surface area contributed by atoms with Crippen molar-refractivity contribution in [3.05, 3.63) is 29.0 Å². The average Bonchev–Trinajstić information content (AvgIpc) is 2.62. The summed E-state index contributed by atoms with van der Waals surface area (Å²) in [4.78, 5) is 17.3. The maximum atomic E-state index is 10.3. The first-order valence-corrected chi connectivity index (χ1v) is 4.88. The first kappa shape index (κ1) is 10.5. The van der Waals surface area contributed by atoms with E-state index in [-0.39, 0.29) is 6.42 Å². The minimum Gasteiger partial charge on any atom is -0.481 e. The van der Waals surface area contributed by atoms with E-state index in [0.717, 1.165) is 5.39 Å². The van der Waals surface area contributed by atoms with Crippen LogP contribution in [0.1, 0.15) is 12.0 Å². The molecule has 0 saturated heterocycles. The van der Waals surface area contributed by atoms with Crippen LogP contribution in [-0.2, 0) is 4.79 Å². The number of pyridine rings is 1. The number of carboxylic acid groups (broad SMARTS) is 1. The minimum absolute atomic E-state index is 0.190. The van der Waals surface area contributed by atoms with Crippen molar-refractivity contribution in [1.29, 1.82) is 0 Å². The van der Waals surface area contributed by atoms with Crippen LogP contribution in [0.15, 0.2) is 18.5 Å². The number of hydrogen-bond acceptors (Lipinski definition) is 2. The van der Waals surface area contributed by atoms with Gasteiger partial charge >= 0.3 is 5.97 Å². The van der Waals surface area contributed by atoms with E-state index in [2.05, 4.69) is 21.8 Å². The number of carbonyl (C=O) groups is 1. The zero-order valence-electron chi connectivity index (χ0n) is 8.12. The standard InChI is InChI=1S/C11H7ClN2O2/c12-8-4-5-13-11-10(8)7(6-14-11)2-1-3-9(15)16/h4-6H,3H2,(H,13,14)(H,15,16). The molecule has 0 saturated carbocycles. The molecule has 16 heavy (non-hydrogen) atoms. The summed E-state index contributed by atoms with van der Waals surface area (Å²) < 4.78 is 0.